The SMILES string of the molecule is COC(=O)C=C(C)c1ccc(C[C@@H](C)N2CC2c2cccc(C(F)(F)F)c2)cc1. The highest BCUT2D eigenvalue weighted by molar-refractivity contribution is 5.90. The van der Waals surface area contributed by atoms with Crippen LogP contribution in [0.3, 0.4) is 0 Å². The molecular formula is C23H24F3NO2. The van der Waals surface area contributed by atoms with E-state index in [0.717, 1.165) is 35.7 Å². The van der Waals surface area contributed by atoms with Gasteiger partial charge in [-0.25, -0.2) is 4.79 Å². The van der Waals surface area contributed by atoms with Gasteiger partial charge in [0, 0.05) is 24.7 Å². The molecule has 1 saturated heterocycles. The van der Waals surface area contributed by atoms with Gasteiger partial charge in [-0.05, 0) is 54.7 Å². The molecule has 0 amide bonds. The fourth-order valence-corrected chi connectivity index (χ4v) is 3.54. The second-order valence-corrected chi connectivity index (χ2v) is 7.44. The first kappa shape index (κ1) is 21.1. The average Bonchev–Trinajstić information content (AvgIpc) is 3.49. The molecule has 3 nitrogen and oxygen atoms in total. The summed E-state index contributed by atoms with van der Waals surface area (Å²) in [6.07, 6.45) is -2.06. The van der Waals surface area contributed by atoms with Crippen LogP contribution in [0, 0.1) is 0 Å². The Kier molecular flexibility index (Phi) is 6.13. The number of alkyl halides is 3. The zero-order chi connectivity index (χ0) is 21.2. The molecule has 154 valence electrons. The number of rotatable bonds is 6. The van der Waals surface area contributed by atoms with Crippen LogP contribution < -0.4 is 0 Å². The molecule has 1 fully saturated rings. The van der Waals surface area contributed by atoms with Gasteiger partial charge in [-0.3, -0.25) is 4.90 Å². The summed E-state index contributed by atoms with van der Waals surface area (Å²) in [4.78, 5) is 13.5. The molecule has 0 aliphatic carbocycles. The summed E-state index contributed by atoms with van der Waals surface area (Å²) >= 11 is 0. The quantitative estimate of drug-likeness (QED) is 0.374. The molecule has 0 radical (unpaired) electrons. The van der Waals surface area contributed by atoms with E-state index in [1.165, 1.54) is 25.3 Å². The summed E-state index contributed by atoms with van der Waals surface area (Å²) in [7, 11) is 1.34. The second-order valence-electron chi connectivity index (χ2n) is 7.44. The van der Waals surface area contributed by atoms with Crippen LogP contribution >= 0.6 is 0 Å². The molecule has 3 atom stereocenters. The molecule has 2 unspecified atom stereocenters. The van der Waals surface area contributed by atoms with Gasteiger partial charge in [-0.1, -0.05) is 36.4 Å². The maximum Gasteiger partial charge on any atom is 0.416 e. The smallest absolute Gasteiger partial charge is 0.416 e. The first-order valence-electron chi connectivity index (χ1n) is 9.47. The normalized spacial score (nSPS) is 20.3. The van der Waals surface area contributed by atoms with Crippen molar-refractivity contribution in [3.8, 4) is 0 Å². The van der Waals surface area contributed by atoms with Gasteiger partial charge in [0.2, 0.25) is 0 Å². The van der Waals surface area contributed by atoms with E-state index in [4.69, 9.17) is 0 Å². The maximum atomic E-state index is 12.9. The van der Waals surface area contributed by atoms with E-state index in [2.05, 4.69) is 16.6 Å². The highest BCUT2D eigenvalue weighted by atomic mass is 19.4. The first-order valence-corrected chi connectivity index (χ1v) is 9.47. The lowest BCUT2D eigenvalue weighted by Gasteiger charge is -2.15. The van der Waals surface area contributed by atoms with Crippen LogP contribution in [-0.4, -0.2) is 30.6 Å². The molecule has 2 aromatic rings. The topological polar surface area (TPSA) is 29.3 Å². The number of nitrogens with zero attached hydrogens (tertiary/aromatic N) is 1. The summed E-state index contributed by atoms with van der Waals surface area (Å²) in [5, 5.41) is 0. The lowest BCUT2D eigenvalue weighted by atomic mass is 10.0. The Bertz CT molecular complexity index is 903. The van der Waals surface area contributed by atoms with E-state index in [1.807, 2.05) is 31.2 Å². The number of hydrogen-bond acceptors (Lipinski definition) is 3. The number of halogens is 3. The Hall–Kier alpha value is -2.60. The second kappa shape index (κ2) is 8.41. The van der Waals surface area contributed by atoms with Crippen LogP contribution in [0.25, 0.3) is 5.57 Å². The fourth-order valence-electron chi connectivity index (χ4n) is 3.54. The van der Waals surface area contributed by atoms with Gasteiger partial charge in [-0.15, -0.1) is 0 Å². The monoisotopic (exact) mass is 403 g/mol. The van der Waals surface area contributed by atoms with Crippen molar-refractivity contribution in [3.05, 3.63) is 76.9 Å². The molecule has 0 bridgehead atoms. The van der Waals surface area contributed by atoms with Crippen LogP contribution in [0.1, 0.15) is 42.1 Å². The van der Waals surface area contributed by atoms with Crippen LogP contribution in [-0.2, 0) is 22.1 Å². The third-order valence-corrected chi connectivity index (χ3v) is 5.29. The highest BCUT2D eigenvalue weighted by Crippen LogP contribution is 2.40. The Labute approximate surface area is 168 Å². The molecule has 0 N–H and O–H groups in total. The minimum atomic E-state index is -4.32. The summed E-state index contributed by atoms with van der Waals surface area (Å²) in [6, 6.07) is 13.8. The maximum absolute atomic E-state index is 12.9. The van der Waals surface area contributed by atoms with Gasteiger partial charge < -0.3 is 4.74 Å². The van der Waals surface area contributed by atoms with Crippen molar-refractivity contribution in [2.24, 2.45) is 0 Å². The molecule has 0 spiro atoms. The molecule has 1 heterocycles. The van der Waals surface area contributed by atoms with E-state index in [1.54, 1.807) is 6.07 Å². The minimum absolute atomic E-state index is 0.0387. The number of allylic oxidation sites excluding steroid dienone is 1. The third-order valence-electron chi connectivity index (χ3n) is 5.29. The lowest BCUT2D eigenvalue weighted by Crippen LogP contribution is -2.18. The Morgan fingerprint density at radius 3 is 2.55 bits per heavy atom. The number of benzene rings is 2. The predicted octanol–water partition coefficient (Wildman–Crippen LogP) is 5.27. The van der Waals surface area contributed by atoms with Crippen LogP contribution in [0.4, 0.5) is 13.2 Å². The molecule has 6 heteroatoms. The molecule has 29 heavy (non-hydrogen) atoms. The van der Waals surface area contributed by atoms with Crippen molar-refractivity contribution >= 4 is 11.5 Å². The molecule has 2 aromatic carbocycles. The standard InChI is InChI=1S/C23H24F3NO2/c1-15(11-22(28)29-3)18-9-7-17(8-10-18)12-16(2)27-14-21(27)19-5-4-6-20(13-19)23(24,25)26/h4-11,13,16,21H,12,14H2,1-3H3/t16-,21?,27?/m1/s1. The molecule has 0 saturated carbocycles. The Morgan fingerprint density at radius 1 is 1.24 bits per heavy atom. The molecule has 0 aromatic heterocycles. The van der Waals surface area contributed by atoms with Gasteiger partial charge in [0.25, 0.3) is 0 Å². The van der Waals surface area contributed by atoms with E-state index in [-0.39, 0.29) is 18.1 Å². The largest absolute Gasteiger partial charge is 0.466 e. The van der Waals surface area contributed by atoms with Crippen molar-refractivity contribution in [1.29, 1.82) is 0 Å². The zero-order valence-electron chi connectivity index (χ0n) is 16.7. The summed E-state index contributed by atoms with van der Waals surface area (Å²) < 4.78 is 43.4. The summed E-state index contributed by atoms with van der Waals surface area (Å²) in [5.41, 5.74) is 3.03. The van der Waals surface area contributed by atoms with E-state index in [9.17, 15) is 18.0 Å². The number of esters is 1. The third kappa shape index (κ3) is 5.26. The number of methoxy groups -OCH3 is 1. The Balaban J connectivity index is 1.61. The molecular weight excluding hydrogens is 379 g/mol. The fraction of sp³-hybridized carbons (Fsp3) is 0.348. The molecule has 3 rings (SSSR count). The van der Waals surface area contributed by atoms with Crippen molar-refractivity contribution in [2.75, 3.05) is 13.7 Å². The van der Waals surface area contributed by atoms with Crippen molar-refractivity contribution in [1.82, 2.24) is 4.90 Å². The van der Waals surface area contributed by atoms with Gasteiger partial charge in [0.05, 0.1) is 12.7 Å². The van der Waals surface area contributed by atoms with Gasteiger partial charge in [0.15, 0.2) is 0 Å². The first-order chi connectivity index (χ1) is 13.7. The summed E-state index contributed by atoms with van der Waals surface area (Å²) in [5.74, 6) is -0.387. The molecule has 1 aliphatic heterocycles. The highest BCUT2D eigenvalue weighted by Gasteiger charge is 2.40. The van der Waals surface area contributed by atoms with Crippen molar-refractivity contribution in [3.63, 3.8) is 0 Å². The number of hydrogen-bond donors (Lipinski definition) is 0. The van der Waals surface area contributed by atoms with Gasteiger partial charge in [-0.2, -0.15) is 13.2 Å². The molecule has 1 aliphatic rings. The minimum Gasteiger partial charge on any atom is -0.466 e. The number of carbonyl (C=O) groups is 1. The average molecular weight is 403 g/mol. The number of carbonyl (C=O) groups excluding carboxylic acids is 1. The number of ether oxygens (including phenoxy) is 1. The van der Waals surface area contributed by atoms with E-state index >= 15 is 0 Å². The lowest BCUT2D eigenvalue weighted by molar-refractivity contribution is -0.137. The predicted molar refractivity (Wildman–Crippen MR) is 106 cm³/mol. The van der Waals surface area contributed by atoms with Gasteiger partial charge >= 0.3 is 12.1 Å². The zero-order valence-corrected chi connectivity index (χ0v) is 16.7. The van der Waals surface area contributed by atoms with E-state index in [0.29, 0.717) is 5.56 Å². The van der Waals surface area contributed by atoms with Crippen LogP contribution in [0.5, 0.6) is 0 Å². The van der Waals surface area contributed by atoms with Crippen LogP contribution in [0.15, 0.2) is 54.6 Å². The van der Waals surface area contributed by atoms with Gasteiger partial charge in [0.1, 0.15) is 0 Å². The Morgan fingerprint density at radius 2 is 1.93 bits per heavy atom. The van der Waals surface area contributed by atoms with Crippen molar-refractivity contribution < 1.29 is 22.7 Å². The van der Waals surface area contributed by atoms with Crippen LogP contribution in [0.2, 0.25) is 0 Å². The van der Waals surface area contributed by atoms with E-state index < -0.39 is 11.7 Å². The summed E-state index contributed by atoms with van der Waals surface area (Å²) in [6.45, 7) is 4.70. The van der Waals surface area contributed by atoms with Crippen molar-refractivity contribution in [2.45, 2.75) is 38.5 Å².